The second-order valence-electron chi connectivity index (χ2n) is 5.59. The Bertz CT molecular complexity index is 885. The number of nitrogens with zero attached hydrogens (tertiary/aromatic N) is 1. The summed E-state index contributed by atoms with van der Waals surface area (Å²) in [5.74, 6) is 0.169. The van der Waals surface area contributed by atoms with Crippen LogP contribution in [0.5, 0.6) is 0 Å². The van der Waals surface area contributed by atoms with E-state index in [2.05, 4.69) is 24.1 Å². The fraction of sp³-hybridized carbons (Fsp3) is 0.263. The Morgan fingerprint density at radius 1 is 1.20 bits per heavy atom. The molecule has 0 atom stereocenters. The quantitative estimate of drug-likeness (QED) is 0.592. The summed E-state index contributed by atoms with van der Waals surface area (Å²) in [5, 5.41) is 4.11. The van der Waals surface area contributed by atoms with Crippen molar-refractivity contribution in [2.75, 3.05) is 11.1 Å². The molecule has 0 bridgehead atoms. The fourth-order valence-electron chi connectivity index (χ4n) is 2.64. The molecule has 0 radical (unpaired) electrons. The maximum Gasteiger partial charge on any atom is 0.257 e. The van der Waals surface area contributed by atoms with Gasteiger partial charge >= 0.3 is 0 Å². The van der Waals surface area contributed by atoms with Crippen molar-refractivity contribution in [2.45, 2.75) is 31.9 Å². The molecule has 0 saturated carbocycles. The first kappa shape index (κ1) is 17.8. The first-order valence-corrected chi connectivity index (χ1v) is 9.56. The molecule has 2 aromatic carbocycles. The van der Waals surface area contributed by atoms with E-state index in [1.54, 1.807) is 18.2 Å². The number of amides is 1. The highest BCUT2D eigenvalue weighted by Crippen LogP contribution is 2.27. The lowest BCUT2D eigenvalue weighted by molar-refractivity contribution is -0.113. The van der Waals surface area contributed by atoms with E-state index in [0.717, 1.165) is 35.2 Å². The number of anilines is 1. The SMILES string of the molecule is CCc1cccc(CC)c1NC(=O)CSc1nc2ccc(Cl)cc2o1. The summed E-state index contributed by atoms with van der Waals surface area (Å²) in [4.78, 5) is 16.7. The van der Waals surface area contributed by atoms with Crippen molar-refractivity contribution >= 4 is 46.1 Å². The molecule has 1 amide bonds. The smallest absolute Gasteiger partial charge is 0.257 e. The van der Waals surface area contributed by atoms with Gasteiger partial charge in [-0.3, -0.25) is 4.79 Å². The van der Waals surface area contributed by atoms with Crippen LogP contribution in [0, 0.1) is 0 Å². The number of hydrogen-bond acceptors (Lipinski definition) is 4. The fourth-order valence-corrected chi connectivity index (χ4v) is 3.45. The number of fused-ring (bicyclic) bond motifs is 1. The van der Waals surface area contributed by atoms with Gasteiger partial charge in [-0.1, -0.05) is 55.4 Å². The van der Waals surface area contributed by atoms with E-state index in [-0.39, 0.29) is 11.7 Å². The lowest BCUT2D eigenvalue weighted by atomic mass is 10.0. The van der Waals surface area contributed by atoms with Crippen molar-refractivity contribution < 1.29 is 9.21 Å². The Morgan fingerprint density at radius 3 is 2.60 bits per heavy atom. The highest BCUT2D eigenvalue weighted by Gasteiger charge is 2.13. The summed E-state index contributed by atoms with van der Waals surface area (Å²) in [6.07, 6.45) is 1.75. The molecule has 0 unspecified atom stereocenters. The van der Waals surface area contributed by atoms with Crippen LogP contribution >= 0.6 is 23.4 Å². The number of aryl methyl sites for hydroxylation is 2. The Morgan fingerprint density at radius 2 is 1.92 bits per heavy atom. The highest BCUT2D eigenvalue weighted by molar-refractivity contribution is 7.99. The lowest BCUT2D eigenvalue weighted by Gasteiger charge is -2.14. The molecule has 0 saturated heterocycles. The zero-order valence-electron chi connectivity index (χ0n) is 14.1. The Labute approximate surface area is 156 Å². The van der Waals surface area contributed by atoms with Gasteiger partial charge in [0.05, 0.1) is 5.75 Å². The molecular formula is C19H19ClN2O2S. The summed E-state index contributed by atoms with van der Waals surface area (Å²) in [6.45, 7) is 4.17. The second-order valence-corrected chi connectivity index (χ2v) is 6.95. The van der Waals surface area contributed by atoms with Crippen LogP contribution < -0.4 is 5.32 Å². The summed E-state index contributed by atoms with van der Waals surface area (Å²) < 4.78 is 5.63. The first-order valence-electron chi connectivity index (χ1n) is 8.20. The van der Waals surface area contributed by atoms with Crippen molar-refractivity contribution in [3.63, 3.8) is 0 Å². The van der Waals surface area contributed by atoms with E-state index in [0.29, 0.717) is 15.8 Å². The third-order valence-electron chi connectivity index (χ3n) is 3.92. The van der Waals surface area contributed by atoms with E-state index >= 15 is 0 Å². The molecule has 6 heteroatoms. The molecule has 1 aromatic heterocycles. The van der Waals surface area contributed by atoms with Crippen LogP contribution in [0.4, 0.5) is 5.69 Å². The number of thioether (sulfide) groups is 1. The predicted molar refractivity (Wildman–Crippen MR) is 104 cm³/mol. The zero-order chi connectivity index (χ0) is 17.8. The van der Waals surface area contributed by atoms with Crippen molar-refractivity contribution in [2.24, 2.45) is 0 Å². The van der Waals surface area contributed by atoms with Gasteiger partial charge in [0.1, 0.15) is 5.52 Å². The maximum absolute atomic E-state index is 12.4. The van der Waals surface area contributed by atoms with Gasteiger partial charge in [0, 0.05) is 16.8 Å². The summed E-state index contributed by atoms with van der Waals surface area (Å²) in [5.41, 5.74) is 4.59. The van der Waals surface area contributed by atoms with Crippen molar-refractivity contribution in [1.29, 1.82) is 0 Å². The first-order chi connectivity index (χ1) is 12.1. The zero-order valence-corrected chi connectivity index (χ0v) is 15.7. The van der Waals surface area contributed by atoms with Crippen molar-refractivity contribution in [3.05, 3.63) is 52.5 Å². The lowest BCUT2D eigenvalue weighted by Crippen LogP contribution is -2.16. The van der Waals surface area contributed by atoms with E-state index in [1.165, 1.54) is 11.8 Å². The largest absolute Gasteiger partial charge is 0.431 e. The average molecular weight is 375 g/mol. The molecule has 0 aliphatic heterocycles. The van der Waals surface area contributed by atoms with Crippen LogP contribution in [0.15, 0.2) is 46.0 Å². The number of benzene rings is 2. The Balaban J connectivity index is 1.68. The topological polar surface area (TPSA) is 55.1 Å². The molecule has 1 heterocycles. The maximum atomic E-state index is 12.4. The number of nitrogens with one attached hydrogen (secondary N) is 1. The minimum Gasteiger partial charge on any atom is -0.431 e. The Hall–Kier alpha value is -1.98. The van der Waals surface area contributed by atoms with Crippen LogP contribution in [0.1, 0.15) is 25.0 Å². The average Bonchev–Trinajstić information content (AvgIpc) is 3.02. The molecule has 1 N–H and O–H groups in total. The second kappa shape index (κ2) is 7.93. The van der Waals surface area contributed by atoms with Crippen LogP contribution in [0.25, 0.3) is 11.1 Å². The number of carbonyl (C=O) groups is 1. The molecule has 130 valence electrons. The number of rotatable bonds is 6. The monoisotopic (exact) mass is 374 g/mol. The summed E-state index contributed by atoms with van der Waals surface area (Å²) >= 11 is 7.22. The molecular weight excluding hydrogens is 356 g/mol. The minimum absolute atomic E-state index is 0.0686. The number of oxazole rings is 1. The third kappa shape index (κ3) is 4.17. The molecule has 0 aliphatic rings. The summed E-state index contributed by atoms with van der Waals surface area (Å²) in [6, 6.07) is 11.4. The van der Waals surface area contributed by atoms with E-state index < -0.39 is 0 Å². The predicted octanol–water partition coefficient (Wildman–Crippen LogP) is 5.34. The molecule has 4 nitrogen and oxygen atoms in total. The van der Waals surface area contributed by atoms with Gasteiger partial charge in [0.25, 0.3) is 5.22 Å². The van der Waals surface area contributed by atoms with Gasteiger partial charge in [-0.2, -0.15) is 0 Å². The van der Waals surface area contributed by atoms with Crippen molar-refractivity contribution in [3.8, 4) is 0 Å². The van der Waals surface area contributed by atoms with E-state index in [4.69, 9.17) is 16.0 Å². The van der Waals surface area contributed by atoms with Crippen LogP contribution in [-0.2, 0) is 17.6 Å². The Kier molecular flexibility index (Phi) is 5.66. The highest BCUT2D eigenvalue weighted by atomic mass is 35.5. The van der Waals surface area contributed by atoms with Crippen LogP contribution in [0.3, 0.4) is 0 Å². The molecule has 0 aliphatic carbocycles. The van der Waals surface area contributed by atoms with Gasteiger partial charge in [-0.15, -0.1) is 0 Å². The number of aromatic nitrogens is 1. The van der Waals surface area contributed by atoms with Crippen LogP contribution in [0.2, 0.25) is 5.02 Å². The molecule has 3 rings (SSSR count). The van der Waals surface area contributed by atoms with Gasteiger partial charge in [-0.05, 0) is 36.1 Å². The number of halogens is 1. The van der Waals surface area contributed by atoms with Gasteiger partial charge in [-0.25, -0.2) is 4.98 Å². The van der Waals surface area contributed by atoms with Gasteiger partial charge in [0.2, 0.25) is 5.91 Å². The molecule has 0 spiro atoms. The van der Waals surface area contributed by atoms with Crippen molar-refractivity contribution in [1.82, 2.24) is 4.98 Å². The number of hydrogen-bond donors (Lipinski definition) is 1. The van der Waals surface area contributed by atoms with Gasteiger partial charge in [0.15, 0.2) is 5.58 Å². The normalized spacial score (nSPS) is 11.0. The molecule has 3 aromatic rings. The van der Waals surface area contributed by atoms with Gasteiger partial charge < -0.3 is 9.73 Å². The number of para-hydroxylation sites is 1. The molecule has 0 fully saturated rings. The summed E-state index contributed by atoms with van der Waals surface area (Å²) in [7, 11) is 0. The van der Waals surface area contributed by atoms with Crippen LogP contribution in [-0.4, -0.2) is 16.6 Å². The van der Waals surface area contributed by atoms with E-state index in [1.807, 2.05) is 18.2 Å². The molecule has 25 heavy (non-hydrogen) atoms. The standard InChI is InChI=1S/C19H19ClN2O2S/c1-3-12-6-5-7-13(4-2)18(12)22-17(23)11-25-19-21-15-9-8-14(20)10-16(15)24-19/h5-10H,3-4,11H2,1-2H3,(H,22,23). The number of carbonyl (C=O) groups excluding carboxylic acids is 1. The van der Waals surface area contributed by atoms with E-state index in [9.17, 15) is 4.79 Å². The third-order valence-corrected chi connectivity index (χ3v) is 4.98. The minimum atomic E-state index is -0.0686.